The molecule has 90 valence electrons. The lowest BCUT2D eigenvalue weighted by molar-refractivity contribution is 0.584. The Labute approximate surface area is 97.1 Å². The van der Waals surface area contributed by atoms with Gasteiger partial charge in [0.15, 0.2) is 5.82 Å². The van der Waals surface area contributed by atoms with Crippen LogP contribution in [0.5, 0.6) is 0 Å². The zero-order chi connectivity index (χ0) is 12.6. The van der Waals surface area contributed by atoms with Gasteiger partial charge in [-0.3, -0.25) is 4.79 Å². The molecule has 0 aliphatic carbocycles. The van der Waals surface area contributed by atoms with Gasteiger partial charge < -0.3 is 9.55 Å². The quantitative estimate of drug-likeness (QED) is 0.784. The van der Waals surface area contributed by atoms with Crippen LogP contribution in [-0.2, 0) is 16.9 Å². The summed E-state index contributed by atoms with van der Waals surface area (Å²) in [6, 6.07) is 2.95. The molecule has 0 fully saturated rings. The van der Waals surface area contributed by atoms with Crippen LogP contribution in [0, 0.1) is 0 Å². The standard InChI is InChI=1S/C9H10N4O3S/c1-13-8(6-3-4-10-7(14)5-6)11-12-9(13)17(2,15)16/h3-5H,1-2H3,(H,10,14). The van der Waals surface area contributed by atoms with Crippen LogP contribution < -0.4 is 5.56 Å². The zero-order valence-electron chi connectivity index (χ0n) is 9.21. The van der Waals surface area contributed by atoms with Gasteiger partial charge in [-0.25, -0.2) is 8.42 Å². The normalized spacial score (nSPS) is 11.6. The molecule has 0 atom stereocenters. The van der Waals surface area contributed by atoms with Gasteiger partial charge in [-0.2, -0.15) is 0 Å². The summed E-state index contributed by atoms with van der Waals surface area (Å²) in [6.45, 7) is 0. The first kappa shape index (κ1) is 11.5. The number of nitrogens with one attached hydrogen (secondary N) is 1. The molecule has 0 radical (unpaired) electrons. The molecule has 8 heteroatoms. The number of hydrogen-bond donors (Lipinski definition) is 1. The first-order valence-electron chi connectivity index (χ1n) is 4.68. The molecule has 0 spiro atoms. The van der Waals surface area contributed by atoms with Crippen LogP contribution in [-0.4, -0.2) is 34.4 Å². The lowest BCUT2D eigenvalue weighted by Crippen LogP contribution is -2.08. The highest BCUT2D eigenvalue weighted by Gasteiger charge is 2.18. The van der Waals surface area contributed by atoms with Crippen molar-refractivity contribution in [3.05, 3.63) is 28.7 Å². The van der Waals surface area contributed by atoms with Gasteiger partial charge in [-0.1, -0.05) is 0 Å². The minimum atomic E-state index is -3.43. The van der Waals surface area contributed by atoms with E-state index in [0.29, 0.717) is 11.4 Å². The van der Waals surface area contributed by atoms with E-state index in [1.165, 1.54) is 23.9 Å². The Morgan fingerprint density at radius 1 is 1.35 bits per heavy atom. The van der Waals surface area contributed by atoms with Gasteiger partial charge in [0.2, 0.25) is 20.6 Å². The predicted molar refractivity (Wildman–Crippen MR) is 60.2 cm³/mol. The summed E-state index contributed by atoms with van der Waals surface area (Å²) >= 11 is 0. The molecule has 0 amide bonds. The van der Waals surface area contributed by atoms with E-state index in [-0.39, 0.29) is 10.7 Å². The van der Waals surface area contributed by atoms with E-state index in [1.54, 1.807) is 6.07 Å². The molecule has 0 aliphatic rings. The number of rotatable bonds is 2. The molecule has 2 aromatic heterocycles. The highest BCUT2D eigenvalue weighted by atomic mass is 32.2. The van der Waals surface area contributed by atoms with Gasteiger partial charge >= 0.3 is 0 Å². The summed E-state index contributed by atoms with van der Waals surface area (Å²) in [5.74, 6) is 0.330. The Morgan fingerprint density at radius 3 is 2.59 bits per heavy atom. The average molecular weight is 254 g/mol. The number of aromatic amines is 1. The second-order valence-corrected chi connectivity index (χ2v) is 5.49. The number of nitrogens with zero attached hydrogens (tertiary/aromatic N) is 3. The molecule has 2 rings (SSSR count). The number of aromatic nitrogens is 4. The molecule has 17 heavy (non-hydrogen) atoms. The maximum Gasteiger partial charge on any atom is 0.249 e. The van der Waals surface area contributed by atoms with E-state index in [2.05, 4.69) is 15.2 Å². The summed E-state index contributed by atoms with van der Waals surface area (Å²) in [4.78, 5) is 13.6. The zero-order valence-corrected chi connectivity index (χ0v) is 10.0. The summed E-state index contributed by atoms with van der Waals surface area (Å²) in [5, 5.41) is 7.25. The molecule has 2 aromatic rings. The lowest BCUT2D eigenvalue weighted by atomic mass is 10.2. The van der Waals surface area contributed by atoms with Crippen molar-refractivity contribution < 1.29 is 8.42 Å². The van der Waals surface area contributed by atoms with Gasteiger partial charge in [-0.05, 0) is 6.07 Å². The van der Waals surface area contributed by atoms with Gasteiger partial charge in [0.05, 0.1) is 0 Å². The van der Waals surface area contributed by atoms with Crippen molar-refractivity contribution in [2.75, 3.05) is 6.26 Å². The molecule has 2 heterocycles. The largest absolute Gasteiger partial charge is 0.329 e. The van der Waals surface area contributed by atoms with E-state index in [1.807, 2.05) is 0 Å². The van der Waals surface area contributed by atoms with Crippen LogP contribution >= 0.6 is 0 Å². The molecule has 0 saturated carbocycles. The van der Waals surface area contributed by atoms with Crippen molar-refractivity contribution in [1.29, 1.82) is 0 Å². The Balaban J connectivity index is 2.64. The maximum absolute atomic E-state index is 11.4. The molecule has 0 aliphatic heterocycles. The fourth-order valence-corrected chi connectivity index (χ4v) is 2.25. The fourth-order valence-electron chi connectivity index (χ4n) is 1.47. The van der Waals surface area contributed by atoms with Crippen molar-refractivity contribution in [3.63, 3.8) is 0 Å². The van der Waals surface area contributed by atoms with Gasteiger partial charge in [0.1, 0.15) is 0 Å². The molecular weight excluding hydrogens is 244 g/mol. The molecular formula is C9H10N4O3S. The van der Waals surface area contributed by atoms with Crippen LogP contribution in [0.25, 0.3) is 11.4 Å². The van der Waals surface area contributed by atoms with Crippen molar-refractivity contribution in [2.45, 2.75) is 5.16 Å². The number of H-pyrrole nitrogens is 1. The Kier molecular flexibility index (Phi) is 2.58. The van der Waals surface area contributed by atoms with Crippen LogP contribution in [0.15, 0.2) is 28.3 Å². The highest BCUT2D eigenvalue weighted by Crippen LogP contribution is 2.16. The van der Waals surface area contributed by atoms with Crippen molar-refractivity contribution in [1.82, 2.24) is 19.7 Å². The Morgan fingerprint density at radius 2 is 2.06 bits per heavy atom. The van der Waals surface area contributed by atoms with Gasteiger partial charge in [0, 0.05) is 31.1 Å². The third-order valence-corrected chi connectivity index (χ3v) is 3.22. The predicted octanol–water partition coefficient (Wildman–Crippen LogP) is -0.426. The maximum atomic E-state index is 11.4. The molecule has 7 nitrogen and oxygen atoms in total. The smallest absolute Gasteiger partial charge is 0.249 e. The number of sulfone groups is 1. The van der Waals surface area contributed by atoms with Crippen molar-refractivity contribution in [3.8, 4) is 11.4 Å². The van der Waals surface area contributed by atoms with Gasteiger partial charge in [-0.15, -0.1) is 10.2 Å². The Bertz CT molecular complexity index is 714. The third-order valence-electron chi connectivity index (χ3n) is 2.20. The second-order valence-electron chi connectivity index (χ2n) is 3.58. The summed E-state index contributed by atoms with van der Waals surface area (Å²) in [5.41, 5.74) is 0.227. The first-order chi connectivity index (χ1) is 7.89. The van der Waals surface area contributed by atoms with E-state index < -0.39 is 9.84 Å². The van der Waals surface area contributed by atoms with Crippen molar-refractivity contribution >= 4 is 9.84 Å². The molecule has 0 bridgehead atoms. The number of hydrogen-bond acceptors (Lipinski definition) is 5. The van der Waals surface area contributed by atoms with Crippen LogP contribution in [0.1, 0.15) is 0 Å². The number of pyridine rings is 1. The minimum absolute atomic E-state index is 0.132. The fraction of sp³-hybridized carbons (Fsp3) is 0.222. The van der Waals surface area contributed by atoms with E-state index in [4.69, 9.17) is 0 Å². The lowest BCUT2D eigenvalue weighted by Gasteiger charge is -2.01. The average Bonchev–Trinajstić information content (AvgIpc) is 2.59. The molecule has 0 unspecified atom stereocenters. The van der Waals surface area contributed by atoms with Crippen molar-refractivity contribution in [2.24, 2.45) is 7.05 Å². The molecule has 1 N–H and O–H groups in total. The van der Waals surface area contributed by atoms with Crippen LogP contribution in [0.2, 0.25) is 0 Å². The van der Waals surface area contributed by atoms with Gasteiger partial charge in [0.25, 0.3) is 0 Å². The Hall–Kier alpha value is -1.96. The summed E-state index contributed by atoms with van der Waals surface area (Å²) in [7, 11) is -1.89. The highest BCUT2D eigenvalue weighted by molar-refractivity contribution is 7.90. The SMILES string of the molecule is Cn1c(-c2cc[nH]c(=O)c2)nnc1S(C)(=O)=O. The monoisotopic (exact) mass is 254 g/mol. The topological polar surface area (TPSA) is 97.7 Å². The summed E-state index contributed by atoms with van der Waals surface area (Å²) < 4.78 is 24.1. The molecule has 0 saturated heterocycles. The van der Waals surface area contributed by atoms with E-state index in [9.17, 15) is 13.2 Å². The van der Waals surface area contributed by atoms with Crippen LogP contribution in [0.3, 0.4) is 0 Å². The van der Waals surface area contributed by atoms with Crippen LogP contribution in [0.4, 0.5) is 0 Å². The third kappa shape index (κ3) is 2.11. The second kappa shape index (κ2) is 3.81. The summed E-state index contributed by atoms with van der Waals surface area (Å²) in [6.07, 6.45) is 2.52. The first-order valence-corrected chi connectivity index (χ1v) is 6.57. The van der Waals surface area contributed by atoms with E-state index >= 15 is 0 Å². The molecule has 0 aromatic carbocycles. The minimum Gasteiger partial charge on any atom is -0.329 e. The van der Waals surface area contributed by atoms with E-state index in [0.717, 1.165) is 6.26 Å².